The first-order chi connectivity index (χ1) is 13.5. The van der Waals surface area contributed by atoms with E-state index in [2.05, 4.69) is 4.90 Å². The van der Waals surface area contributed by atoms with Crippen LogP contribution in [0.3, 0.4) is 0 Å². The first-order valence-electron chi connectivity index (χ1n) is 10.5. The highest BCUT2D eigenvalue weighted by molar-refractivity contribution is 7.89. The van der Waals surface area contributed by atoms with E-state index in [1.807, 2.05) is 0 Å². The standard InChI is InChI=1S/C21H29FN2O3S/c22-18-9-11-19(12-10-18)28(26,27)23-13-3-7-17(15-23)21(25)24-14-4-6-16-5-1-2-8-20(16)24/h9-12,16-17,20H,1-8,13-15H2. The number of piperidine rings is 2. The summed E-state index contributed by atoms with van der Waals surface area (Å²) in [6, 6.07) is 5.27. The van der Waals surface area contributed by atoms with Crippen LogP contribution in [0.2, 0.25) is 0 Å². The zero-order valence-electron chi connectivity index (χ0n) is 16.2. The molecule has 28 heavy (non-hydrogen) atoms. The Hall–Kier alpha value is -1.47. The monoisotopic (exact) mass is 408 g/mol. The average Bonchev–Trinajstić information content (AvgIpc) is 2.73. The number of benzene rings is 1. The van der Waals surface area contributed by atoms with Crippen LogP contribution in [0.4, 0.5) is 4.39 Å². The molecule has 0 N–H and O–H groups in total. The smallest absolute Gasteiger partial charge is 0.243 e. The molecule has 7 heteroatoms. The molecule has 3 fully saturated rings. The van der Waals surface area contributed by atoms with Gasteiger partial charge in [-0.3, -0.25) is 4.79 Å². The SMILES string of the molecule is O=C(C1CCCN(S(=O)(=O)c2ccc(F)cc2)C1)N1CCCC2CCCCC21. The van der Waals surface area contributed by atoms with Crippen LogP contribution in [0.1, 0.15) is 51.4 Å². The Bertz CT molecular complexity index is 809. The maximum absolute atomic E-state index is 13.3. The molecule has 2 heterocycles. The molecule has 0 spiro atoms. The fourth-order valence-corrected chi connectivity index (χ4v) is 6.77. The summed E-state index contributed by atoms with van der Waals surface area (Å²) in [5, 5.41) is 0. The summed E-state index contributed by atoms with van der Waals surface area (Å²) < 4.78 is 40.5. The van der Waals surface area contributed by atoms with Gasteiger partial charge in [0.15, 0.2) is 0 Å². The molecule has 1 saturated carbocycles. The molecule has 2 aliphatic heterocycles. The van der Waals surface area contributed by atoms with Crippen molar-refractivity contribution in [2.45, 2.75) is 62.3 Å². The van der Waals surface area contributed by atoms with Gasteiger partial charge in [-0.2, -0.15) is 4.31 Å². The van der Waals surface area contributed by atoms with E-state index < -0.39 is 15.8 Å². The van der Waals surface area contributed by atoms with Gasteiger partial charge in [-0.1, -0.05) is 12.8 Å². The van der Waals surface area contributed by atoms with Crippen molar-refractivity contribution in [3.05, 3.63) is 30.1 Å². The number of hydrogen-bond acceptors (Lipinski definition) is 3. The van der Waals surface area contributed by atoms with Crippen LogP contribution in [0.25, 0.3) is 0 Å². The molecular formula is C21H29FN2O3S. The van der Waals surface area contributed by atoms with Crippen LogP contribution in [0.5, 0.6) is 0 Å². The minimum atomic E-state index is -3.70. The molecule has 3 atom stereocenters. The van der Waals surface area contributed by atoms with Gasteiger partial charge < -0.3 is 4.90 Å². The molecular weight excluding hydrogens is 379 g/mol. The first-order valence-corrected chi connectivity index (χ1v) is 12.0. The second kappa shape index (κ2) is 8.11. The average molecular weight is 409 g/mol. The van der Waals surface area contributed by atoms with Gasteiger partial charge in [0.05, 0.1) is 10.8 Å². The van der Waals surface area contributed by atoms with Gasteiger partial charge in [0, 0.05) is 25.7 Å². The van der Waals surface area contributed by atoms with Crippen molar-refractivity contribution in [2.75, 3.05) is 19.6 Å². The Morgan fingerprint density at radius 2 is 1.61 bits per heavy atom. The zero-order chi connectivity index (χ0) is 19.7. The van der Waals surface area contributed by atoms with Gasteiger partial charge in [-0.05, 0) is 68.7 Å². The third kappa shape index (κ3) is 3.83. The van der Waals surface area contributed by atoms with E-state index in [9.17, 15) is 17.6 Å². The van der Waals surface area contributed by atoms with E-state index in [4.69, 9.17) is 0 Å². The molecule has 1 aromatic rings. The van der Waals surface area contributed by atoms with Crippen LogP contribution in [-0.2, 0) is 14.8 Å². The lowest BCUT2D eigenvalue weighted by atomic mass is 9.77. The highest BCUT2D eigenvalue weighted by Gasteiger charge is 2.40. The number of amides is 1. The highest BCUT2D eigenvalue weighted by atomic mass is 32.2. The molecule has 0 radical (unpaired) electrons. The largest absolute Gasteiger partial charge is 0.339 e. The van der Waals surface area contributed by atoms with Gasteiger partial charge in [-0.15, -0.1) is 0 Å². The molecule has 1 aromatic carbocycles. The topological polar surface area (TPSA) is 57.7 Å². The minimum Gasteiger partial charge on any atom is -0.339 e. The Morgan fingerprint density at radius 3 is 2.39 bits per heavy atom. The van der Waals surface area contributed by atoms with Crippen LogP contribution in [-0.4, -0.2) is 49.2 Å². The van der Waals surface area contributed by atoms with Crippen molar-refractivity contribution in [3.8, 4) is 0 Å². The van der Waals surface area contributed by atoms with Gasteiger partial charge in [0.1, 0.15) is 5.82 Å². The lowest BCUT2D eigenvalue weighted by molar-refractivity contribution is -0.143. The third-order valence-corrected chi connectivity index (χ3v) is 8.59. The normalized spacial score (nSPS) is 29.3. The van der Waals surface area contributed by atoms with Crippen LogP contribution >= 0.6 is 0 Å². The Labute approximate surface area is 166 Å². The van der Waals surface area contributed by atoms with Crippen LogP contribution in [0.15, 0.2) is 29.2 Å². The lowest BCUT2D eigenvalue weighted by Crippen LogP contribution is -2.54. The summed E-state index contributed by atoms with van der Waals surface area (Å²) >= 11 is 0. The fraction of sp³-hybridized carbons (Fsp3) is 0.667. The second-order valence-corrected chi connectivity index (χ2v) is 10.4. The summed E-state index contributed by atoms with van der Waals surface area (Å²) in [4.78, 5) is 15.5. The van der Waals surface area contributed by atoms with Gasteiger partial charge in [0.2, 0.25) is 15.9 Å². The Morgan fingerprint density at radius 1 is 0.929 bits per heavy atom. The molecule has 5 nitrogen and oxygen atoms in total. The quantitative estimate of drug-likeness (QED) is 0.770. The lowest BCUT2D eigenvalue weighted by Gasteiger charge is -2.46. The summed E-state index contributed by atoms with van der Waals surface area (Å²) in [6.07, 6.45) is 8.42. The summed E-state index contributed by atoms with van der Waals surface area (Å²) in [5.74, 6) is 0.0205. The third-order valence-electron chi connectivity index (χ3n) is 6.71. The fourth-order valence-electron chi connectivity index (χ4n) is 5.25. The van der Waals surface area contributed by atoms with Crippen molar-refractivity contribution >= 4 is 15.9 Å². The predicted molar refractivity (Wildman–Crippen MR) is 105 cm³/mol. The number of halogens is 1. The summed E-state index contributed by atoms with van der Waals surface area (Å²) in [6.45, 7) is 1.45. The van der Waals surface area contributed by atoms with E-state index in [1.54, 1.807) is 0 Å². The number of nitrogens with zero attached hydrogens (tertiary/aromatic N) is 2. The van der Waals surface area contributed by atoms with Crippen LogP contribution in [0, 0.1) is 17.7 Å². The number of likely N-dealkylation sites (tertiary alicyclic amines) is 1. The Kier molecular flexibility index (Phi) is 5.74. The second-order valence-electron chi connectivity index (χ2n) is 8.44. The van der Waals surface area contributed by atoms with Crippen molar-refractivity contribution in [1.82, 2.24) is 9.21 Å². The van der Waals surface area contributed by atoms with Crippen LogP contribution < -0.4 is 0 Å². The first kappa shape index (κ1) is 19.8. The highest BCUT2D eigenvalue weighted by Crippen LogP contribution is 2.37. The molecule has 0 aromatic heterocycles. The van der Waals surface area contributed by atoms with E-state index in [1.165, 1.54) is 42.1 Å². The summed E-state index contributed by atoms with van der Waals surface area (Å²) in [5.41, 5.74) is 0. The maximum atomic E-state index is 13.3. The van der Waals surface area contributed by atoms with Crippen molar-refractivity contribution in [3.63, 3.8) is 0 Å². The number of carbonyl (C=O) groups is 1. The van der Waals surface area contributed by atoms with E-state index in [-0.39, 0.29) is 23.3 Å². The van der Waals surface area contributed by atoms with Gasteiger partial charge in [-0.25, -0.2) is 12.8 Å². The van der Waals surface area contributed by atoms with Crippen molar-refractivity contribution in [2.24, 2.45) is 11.8 Å². The van der Waals surface area contributed by atoms with E-state index in [0.717, 1.165) is 37.9 Å². The number of sulfonamides is 1. The maximum Gasteiger partial charge on any atom is 0.243 e. The van der Waals surface area contributed by atoms with Gasteiger partial charge >= 0.3 is 0 Å². The van der Waals surface area contributed by atoms with Crippen molar-refractivity contribution < 1.29 is 17.6 Å². The number of hydrogen-bond donors (Lipinski definition) is 0. The number of carbonyl (C=O) groups excluding carboxylic acids is 1. The molecule has 1 amide bonds. The Balaban J connectivity index is 1.48. The summed E-state index contributed by atoms with van der Waals surface area (Å²) in [7, 11) is -3.70. The molecule has 0 bridgehead atoms. The molecule has 154 valence electrons. The molecule has 3 aliphatic rings. The minimum absolute atomic E-state index is 0.0901. The molecule has 2 saturated heterocycles. The molecule has 4 rings (SSSR count). The predicted octanol–water partition coefficient (Wildman–Crippen LogP) is 3.41. The number of rotatable bonds is 3. The number of fused-ring (bicyclic) bond motifs is 1. The molecule has 3 unspecified atom stereocenters. The van der Waals surface area contributed by atoms with Crippen molar-refractivity contribution in [1.29, 1.82) is 0 Å². The van der Waals surface area contributed by atoms with E-state index in [0.29, 0.717) is 24.9 Å². The zero-order valence-corrected chi connectivity index (χ0v) is 17.0. The molecule has 1 aliphatic carbocycles. The van der Waals surface area contributed by atoms with Gasteiger partial charge in [0.25, 0.3) is 0 Å². The van der Waals surface area contributed by atoms with E-state index >= 15 is 0 Å².